The van der Waals surface area contributed by atoms with Gasteiger partial charge in [-0.3, -0.25) is 0 Å². The Kier molecular flexibility index (Phi) is 10.1. The fraction of sp³-hybridized carbons (Fsp3) is 0.857. The summed E-state index contributed by atoms with van der Waals surface area (Å²) in [6.07, 6.45) is 1.12. The van der Waals surface area contributed by atoms with Gasteiger partial charge in [0, 0.05) is 32.7 Å². The molecule has 3 heteroatoms. The van der Waals surface area contributed by atoms with Crippen LogP contribution in [0.1, 0.15) is 20.3 Å². The van der Waals surface area contributed by atoms with Gasteiger partial charge in [0.2, 0.25) is 0 Å². The molecule has 0 saturated carbocycles. The molecule has 1 atom stereocenters. The van der Waals surface area contributed by atoms with Gasteiger partial charge in [0.25, 0.3) is 0 Å². The van der Waals surface area contributed by atoms with Crippen molar-refractivity contribution in [3.8, 4) is 0 Å². The number of amidine groups is 1. The second kappa shape index (κ2) is 7.68. The Bertz CT molecular complexity index is 102. The molecule has 0 aromatic rings. The van der Waals surface area contributed by atoms with Crippen molar-refractivity contribution in [2.45, 2.75) is 20.3 Å². The van der Waals surface area contributed by atoms with Gasteiger partial charge in [0.1, 0.15) is 0 Å². The summed E-state index contributed by atoms with van der Waals surface area (Å²) in [5.74, 6) is 1.48. The van der Waals surface area contributed by atoms with Crippen molar-refractivity contribution in [2.75, 3.05) is 14.1 Å². The molecule has 1 unspecified atom stereocenters. The summed E-state index contributed by atoms with van der Waals surface area (Å²) in [6, 6.07) is 0. The second-order valence-corrected chi connectivity index (χ2v) is 2.11. The zero-order chi connectivity index (χ0) is 7.28. The van der Waals surface area contributed by atoms with E-state index in [0.29, 0.717) is 5.92 Å². The van der Waals surface area contributed by atoms with Crippen LogP contribution in [-0.4, -0.2) is 19.9 Å². The molecule has 57 valence electrons. The Morgan fingerprint density at radius 1 is 1.60 bits per heavy atom. The summed E-state index contributed by atoms with van der Waals surface area (Å²) >= 11 is 0. The molecule has 0 aromatic carbocycles. The van der Waals surface area contributed by atoms with Crippen LogP contribution in [-0.2, 0) is 32.7 Å². The number of rotatable bonds is 2. The molecule has 0 heterocycles. The van der Waals surface area contributed by atoms with Gasteiger partial charge in [-0.1, -0.05) is 40.2 Å². The summed E-state index contributed by atoms with van der Waals surface area (Å²) in [5, 5.41) is 4.03. The van der Waals surface area contributed by atoms with E-state index in [2.05, 4.69) is 24.2 Å². The van der Waals surface area contributed by atoms with E-state index in [1.165, 1.54) is 0 Å². The van der Waals surface area contributed by atoms with Crippen LogP contribution in [0.15, 0.2) is 4.99 Å². The standard InChI is InChI=1S/C7H15N2.Y/c1-5-6(2)7(8-3)9-4;/h6H,5H2,1-4H3;/q-1;. The minimum absolute atomic E-state index is 0. The van der Waals surface area contributed by atoms with Crippen LogP contribution in [0, 0.1) is 5.92 Å². The van der Waals surface area contributed by atoms with Crippen LogP contribution >= 0.6 is 0 Å². The molecule has 0 aliphatic heterocycles. The molecular formula is C7H15N2Y-. The largest absolute Gasteiger partial charge is 0.472 e. The maximum absolute atomic E-state index is 4.03. The van der Waals surface area contributed by atoms with Crippen molar-refractivity contribution >= 4 is 5.84 Å². The van der Waals surface area contributed by atoms with Gasteiger partial charge in [-0.2, -0.15) is 0 Å². The van der Waals surface area contributed by atoms with E-state index in [4.69, 9.17) is 0 Å². The van der Waals surface area contributed by atoms with Crippen molar-refractivity contribution in [1.29, 1.82) is 0 Å². The average Bonchev–Trinajstić information content (AvgIpc) is 1.90. The third-order valence-corrected chi connectivity index (χ3v) is 1.51. The third-order valence-electron chi connectivity index (χ3n) is 1.51. The first kappa shape index (κ1) is 13.2. The first-order chi connectivity index (χ1) is 4.26. The van der Waals surface area contributed by atoms with Crippen LogP contribution in [0.25, 0.3) is 5.32 Å². The fourth-order valence-corrected chi connectivity index (χ4v) is 0.723. The van der Waals surface area contributed by atoms with Crippen LogP contribution < -0.4 is 0 Å². The van der Waals surface area contributed by atoms with Crippen molar-refractivity contribution < 1.29 is 32.7 Å². The molecule has 0 aliphatic rings. The zero-order valence-corrected chi connectivity index (χ0v) is 10.1. The third kappa shape index (κ3) is 4.40. The van der Waals surface area contributed by atoms with Crippen LogP contribution in [0.4, 0.5) is 0 Å². The quantitative estimate of drug-likeness (QED) is 0.499. The maximum atomic E-state index is 4.03. The van der Waals surface area contributed by atoms with Gasteiger partial charge in [0.15, 0.2) is 0 Å². The Morgan fingerprint density at radius 2 is 2.10 bits per heavy atom. The predicted octanol–water partition coefficient (Wildman–Crippen LogP) is 2.06. The van der Waals surface area contributed by atoms with E-state index < -0.39 is 0 Å². The smallest absolute Gasteiger partial charge is 0 e. The molecule has 0 rings (SSSR count). The normalized spacial score (nSPS) is 13.8. The van der Waals surface area contributed by atoms with Crippen LogP contribution in [0.2, 0.25) is 0 Å². The molecule has 0 aromatic heterocycles. The SMILES string of the molecule is CCC(C)C(=NC)[N-]C.[Y]. The Hall–Kier alpha value is 0.574. The fourth-order valence-electron chi connectivity index (χ4n) is 0.723. The summed E-state index contributed by atoms with van der Waals surface area (Å²) in [4.78, 5) is 4.03. The van der Waals surface area contributed by atoms with Gasteiger partial charge in [-0.05, 0) is 5.92 Å². The van der Waals surface area contributed by atoms with Crippen molar-refractivity contribution in [1.82, 2.24) is 0 Å². The summed E-state index contributed by atoms with van der Waals surface area (Å²) in [5.41, 5.74) is 0. The van der Waals surface area contributed by atoms with E-state index in [0.717, 1.165) is 12.3 Å². The first-order valence-corrected chi connectivity index (χ1v) is 3.32. The van der Waals surface area contributed by atoms with Gasteiger partial charge in [0.05, 0.1) is 0 Å². The first-order valence-electron chi connectivity index (χ1n) is 3.32. The zero-order valence-electron chi connectivity index (χ0n) is 7.26. The summed E-state index contributed by atoms with van der Waals surface area (Å²) < 4.78 is 0. The maximum Gasteiger partial charge on any atom is 0 e. The van der Waals surface area contributed by atoms with Gasteiger partial charge in [-0.15, -0.1) is 0 Å². The minimum atomic E-state index is 0. The molecule has 0 spiro atoms. The van der Waals surface area contributed by atoms with E-state index in [1.807, 2.05) is 0 Å². The monoisotopic (exact) mass is 216 g/mol. The van der Waals surface area contributed by atoms with Crippen molar-refractivity contribution in [2.24, 2.45) is 10.9 Å². The van der Waals surface area contributed by atoms with Crippen LogP contribution in [0.3, 0.4) is 0 Å². The molecule has 0 aliphatic carbocycles. The molecule has 2 nitrogen and oxygen atoms in total. The summed E-state index contributed by atoms with van der Waals surface area (Å²) in [6.45, 7) is 4.27. The van der Waals surface area contributed by atoms with Crippen molar-refractivity contribution in [3.63, 3.8) is 0 Å². The van der Waals surface area contributed by atoms with Gasteiger partial charge in [-0.25, -0.2) is 0 Å². The van der Waals surface area contributed by atoms with Gasteiger partial charge < -0.3 is 10.3 Å². The number of aliphatic imine (C=N–C) groups is 1. The average molecular weight is 216 g/mol. The molecule has 0 fully saturated rings. The van der Waals surface area contributed by atoms with E-state index in [1.54, 1.807) is 14.1 Å². The molecule has 0 saturated heterocycles. The molecule has 0 bridgehead atoms. The van der Waals surface area contributed by atoms with E-state index >= 15 is 0 Å². The molecule has 0 amide bonds. The summed E-state index contributed by atoms with van der Waals surface area (Å²) in [7, 11) is 3.57. The number of nitrogens with zero attached hydrogens (tertiary/aromatic N) is 2. The number of hydrogen-bond donors (Lipinski definition) is 0. The van der Waals surface area contributed by atoms with Crippen molar-refractivity contribution in [3.05, 3.63) is 5.32 Å². The van der Waals surface area contributed by atoms with E-state index in [9.17, 15) is 0 Å². The van der Waals surface area contributed by atoms with Gasteiger partial charge >= 0.3 is 0 Å². The molecule has 10 heavy (non-hydrogen) atoms. The van der Waals surface area contributed by atoms with Crippen LogP contribution in [0.5, 0.6) is 0 Å². The Labute approximate surface area is 88.8 Å². The molecule has 1 radical (unpaired) electrons. The predicted molar refractivity (Wildman–Crippen MR) is 42.1 cm³/mol. The van der Waals surface area contributed by atoms with E-state index in [-0.39, 0.29) is 32.7 Å². The topological polar surface area (TPSA) is 26.5 Å². The minimum Gasteiger partial charge on any atom is -0.472 e. The Balaban J connectivity index is 0. The second-order valence-electron chi connectivity index (χ2n) is 2.11. The number of hydrogen-bond acceptors (Lipinski definition) is 1. The molecule has 0 N–H and O–H groups in total. The Morgan fingerprint density at radius 3 is 2.20 bits per heavy atom. The molecular weight excluding hydrogens is 201 g/mol.